The van der Waals surface area contributed by atoms with Crippen molar-refractivity contribution in [3.05, 3.63) is 0 Å². The van der Waals surface area contributed by atoms with Crippen LogP contribution in [0.1, 0.15) is 38.5 Å². The van der Waals surface area contributed by atoms with E-state index in [2.05, 4.69) is 5.32 Å². The molecule has 0 radical (unpaired) electrons. The number of methoxy groups -OCH3 is 1. The van der Waals surface area contributed by atoms with E-state index < -0.39 is 12.3 Å². The summed E-state index contributed by atoms with van der Waals surface area (Å²) in [6, 6.07) is 0.597. The SMILES string of the molecule is COC(=O)C1C2CC[C@H](C[C@@H]1C1CCC(F)C(F)C1)N2. The van der Waals surface area contributed by atoms with Crippen LogP contribution in [-0.2, 0) is 9.53 Å². The fourth-order valence-corrected chi connectivity index (χ4v) is 4.55. The third-order valence-electron chi connectivity index (χ3n) is 5.54. The van der Waals surface area contributed by atoms with Gasteiger partial charge in [0, 0.05) is 12.1 Å². The van der Waals surface area contributed by atoms with Gasteiger partial charge in [0.15, 0.2) is 0 Å². The first-order valence-electron chi connectivity index (χ1n) is 7.72. The van der Waals surface area contributed by atoms with E-state index in [1.807, 2.05) is 0 Å². The lowest BCUT2D eigenvalue weighted by Gasteiger charge is -2.42. The number of rotatable bonds is 2. The Labute approximate surface area is 118 Å². The number of ether oxygens (including phenoxy) is 1. The summed E-state index contributed by atoms with van der Waals surface area (Å²) in [4.78, 5) is 12.1. The standard InChI is InChI=1S/C15H23F2NO2/c1-20-15(19)14-10(7-9-3-5-13(14)18-9)8-2-4-11(16)12(17)6-8/h8-14,18H,2-7H2,1H3/t8?,9-,10-,11?,12?,13?,14?/m1/s1. The van der Waals surface area contributed by atoms with Crippen molar-refractivity contribution in [3.8, 4) is 0 Å². The van der Waals surface area contributed by atoms with Crippen LogP contribution in [0.25, 0.3) is 0 Å². The summed E-state index contributed by atoms with van der Waals surface area (Å²) in [7, 11) is 1.41. The van der Waals surface area contributed by atoms with Crippen molar-refractivity contribution in [2.24, 2.45) is 17.8 Å². The molecule has 3 rings (SSSR count). The summed E-state index contributed by atoms with van der Waals surface area (Å²) < 4.78 is 32.0. The monoisotopic (exact) mass is 287 g/mol. The van der Waals surface area contributed by atoms with Crippen molar-refractivity contribution in [1.82, 2.24) is 5.32 Å². The van der Waals surface area contributed by atoms with Gasteiger partial charge in [0.05, 0.1) is 13.0 Å². The van der Waals surface area contributed by atoms with Crippen LogP contribution in [0, 0.1) is 17.8 Å². The minimum atomic E-state index is -1.36. The number of carbonyl (C=O) groups is 1. The van der Waals surface area contributed by atoms with Crippen molar-refractivity contribution in [1.29, 1.82) is 0 Å². The van der Waals surface area contributed by atoms with Gasteiger partial charge in [-0.3, -0.25) is 4.79 Å². The molecular weight excluding hydrogens is 264 g/mol. The van der Waals surface area contributed by atoms with Crippen LogP contribution in [0.3, 0.4) is 0 Å². The molecule has 2 heterocycles. The van der Waals surface area contributed by atoms with E-state index in [4.69, 9.17) is 4.74 Å². The van der Waals surface area contributed by atoms with Gasteiger partial charge in [0.1, 0.15) is 12.3 Å². The molecule has 0 aromatic carbocycles. The van der Waals surface area contributed by atoms with Gasteiger partial charge >= 0.3 is 5.97 Å². The van der Waals surface area contributed by atoms with Gasteiger partial charge in [0.25, 0.3) is 0 Å². The molecule has 1 aliphatic carbocycles. The third-order valence-corrected chi connectivity index (χ3v) is 5.54. The number of halogens is 2. The molecular formula is C15H23F2NO2. The molecule has 3 aliphatic rings. The fourth-order valence-electron chi connectivity index (χ4n) is 4.55. The Morgan fingerprint density at radius 1 is 1.10 bits per heavy atom. The van der Waals surface area contributed by atoms with Gasteiger partial charge in [-0.15, -0.1) is 0 Å². The molecule has 114 valence electrons. The second-order valence-electron chi connectivity index (χ2n) is 6.60. The highest BCUT2D eigenvalue weighted by Gasteiger charge is 2.49. The third kappa shape index (κ3) is 2.45. The largest absolute Gasteiger partial charge is 0.469 e. The summed E-state index contributed by atoms with van der Waals surface area (Å²) in [5, 5.41) is 3.48. The van der Waals surface area contributed by atoms with Gasteiger partial charge in [0.2, 0.25) is 0 Å². The van der Waals surface area contributed by atoms with Gasteiger partial charge in [-0.1, -0.05) is 0 Å². The maximum Gasteiger partial charge on any atom is 0.310 e. The van der Waals surface area contributed by atoms with Crippen LogP contribution in [0.2, 0.25) is 0 Å². The van der Waals surface area contributed by atoms with Crippen LogP contribution >= 0.6 is 0 Å². The molecule has 7 atom stereocenters. The van der Waals surface area contributed by atoms with Gasteiger partial charge < -0.3 is 10.1 Å². The number of esters is 1. The van der Waals surface area contributed by atoms with Gasteiger partial charge in [-0.05, 0) is 50.4 Å². The first-order valence-corrected chi connectivity index (χ1v) is 7.72. The van der Waals surface area contributed by atoms with E-state index in [-0.39, 0.29) is 36.2 Å². The maximum absolute atomic E-state index is 13.7. The average Bonchev–Trinajstić information content (AvgIpc) is 2.82. The summed E-state index contributed by atoms with van der Waals surface area (Å²) in [5.41, 5.74) is 0. The normalized spacial score (nSPS) is 48.0. The number of alkyl halides is 2. The number of hydrogen-bond donors (Lipinski definition) is 1. The molecule has 1 saturated carbocycles. The zero-order valence-electron chi connectivity index (χ0n) is 11.9. The molecule has 2 aliphatic heterocycles. The molecule has 2 bridgehead atoms. The highest BCUT2D eigenvalue weighted by molar-refractivity contribution is 5.74. The van der Waals surface area contributed by atoms with Crippen molar-refractivity contribution >= 4 is 5.97 Å². The lowest BCUT2D eigenvalue weighted by molar-refractivity contribution is -0.151. The molecule has 3 nitrogen and oxygen atoms in total. The number of carbonyl (C=O) groups excluding carboxylic acids is 1. The molecule has 0 amide bonds. The van der Waals surface area contributed by atoms with E-state index in [9.17, 15) is 13.6 Å². The number of piperidine rings is 1. The highest BCUT2D eigenvalue weighted by Crippen LogP contribution is 2.45. The Morgan fingerprint density at radius 3 is 2.60 bits per heavy atom. The summed E-state index contributed by atoms with van der Waals surface area (Å²) in [6.45, 7) is 0. The van der Waals surface area contributed by atoms with Gasteiger partial charge in [-0.2, -0.15) is 0 Å². The molecule has 0 spiro atoms. The Hall–Kier alpha value is -0.710. The summed E-state index contributed by atoms with van der Waals surface area (Å²) in [5.74, 6) is -0.115. The fraction of sp³-hybridized carbons (Fsp3) is 0.933. The molecule has 20 heavy (non-hydrogen) atoms. The summed E-state index contributed by atoms with van der Waals surface area (Å²) in [6.07, 6.45) is 1.52. The lowest BCUT2D eigenvalue weighted by Crippen LogP contribution is -2.52. The first kappa shape index (κ1) is 14.2. The van der Waals surface area contributed by atoms with E-state index in [0.717, 1.165) is 19.3 Å². The zero-order valence-corrected chi connectivity index (χ0v) is 11.9. The van der Waals surface area contributed by atoms with Crippen LogP contribution in [0.5, 0.6) is 0 Å². The van der Waals surface area contributed by atoms with E-state index in [1.165, 1.54) is 7.11 Å². The van der Waals surface area contributed by atoms with Crippen LogP contribution in [0.4, 0.5) is 8.78 Å². The second-order valence-corrected chi connectivity index (χ2v) is 6.60. The quantitative estimate of drug-likeness (QED) is 0.793. The van der Waals surface area contributed by atoms with Crippen molar-refractivity contribution in [2.45, 2.75) is 63.0 Å². The molecule has 1 N–H and O–H groups in total. The smallest absolute Gasteiger partial charge is 0.310 e. The predicted molar refractivity (Wildman–Crippen MR) is 70.7 cm³/mol. The maximum atomic E-state index is 13.7. The van der Waals surface area contributed by atoms with Crippen molar-refractivity contribution in [2.75, 3.05) is 7.11 Å². The highest BCUT2D eigenvalue weighted by atomic mass is 19.2. The zero-order chi connectivity index (χ0) is 14.3. The topological polar surface area (TPSA) is 38.3 Å². The number of nitrogens with one attached hydrogen (secondary N) is 1. The first-order chi connectivity index (χ1) is 9.60. The Kier molecular flexibility index (Phi) is 3.98. The number of fused-ring (bicyclic) bond motifs is 2. The average molecular weight is 287 g/mol. The van der Waals surface area contributed by atoms with E-state index in [1.54, 1.807) is 0 Å². The second kappa shape index (κ2) is 5.58. The minimum absolute atomic E-state index is 0.117. The van der Waals surface area contributed by atoms with Crippen molar-refractivity contribution < 1.29 is 18.3 Å². The Balaban J connectivity index is 1.77. The van der Waals surface area contributed by atoms with Crippen LogP contribution in [-0.4, -0.2) is 37.5 Å². The van der Waals surface area contributed by atoms with Gasteiger partial charge in [-0.25, -0.2) is 8.78 Å². The molecule has 2 saturated heterocycles. The molecule has 0 aromatic heterocycles. The predicted octanol–water partition coefficient (Wildman–Crippen LogP) is 2.39. The molecule has 5 unspecified atom stereocenters. The Morgan fingerprint density at radius 2 is 1.90 bits per heavy atom. The molecule has 3 fully saturated rings. The van der Waals surface area contributed by atoms with Crippen LogP contribution < -0.4 is 5.32 Å². The minimum Gasteiger partial charge on any atom is -0.469 e. The van der Waals surface area contributed by atoms with Crippen LogP contribution in [0.15, 0.2) is 0 Å². The lowest BCUT2D eigenvalue weighted by atomic mass is 9.68. The van der Waals surface area contributed by atoms with Crippen molar-refractivity contribution in [3.63, 3.8) is 0 Å². The van der Waals surface area contributed by atoms with E-state index >= 15 is 0 Å². The summed E-state index contributed by atoms with van der Waals surface area (Å²) >= 11 is 0. The molecule has 0 aromatic rings. The molecule has 5 heteroatoms. The number of hydrogen-bond acceptors (Lipinski definition) is 3. The Bertz CT molecular complexity index is 379. The van der Waals surface area contributed by atoms with E-state index in [0.29, 0.717) is 18.9 Å².